The number of rotatable bonds is 9. The Bertz CT molecular complexity index is 1010. The number of nitrogens with zero attached hydrogens (tertiary/aromatic N) is 1. The van der Waals surface area contributed by atoms with E-state index in [9.17, 15) is 14.3 Å². The second kappa shape index (κ2) is 9.72. The molecular weight excluding hydrogens is 379 g/mol. The lowest BCUT2D eigenvalue weighted by atomic mass is 10.1. The fraction of sp³-hybridized carbons (Fsp3) is 0.320. The Morgan fingerprint density at radius 2 is 1.77 bits per heavy atom. The average Bonchev–Trinajstić information content (AvgIpc) is 2.96. The predicted octanol–water partition coefficient (Wildman–Crippen LogP) is 5.10. The van der Waals surface area contributed by atoms with Gasteiger partial charge in [-0.05, 0) is 56.9 Å². The summed E-state index contributed by atoms with van der Waals surface area (Å²) in [5.41, 5.74) is 4.83. The van der Waals surface area contributed by atoms with Crippen molar-refractivity contribution in [2.75, 3.05) is 0 Å². The van der Waals surface area contributed by atoms with Crippen LogP contribution in [-0.2, 0) is 19.5 Å². The van der Waals surface area contributed by atoms with Crippen molar-refractivity contribution in [3.8, 4) is 0 Å². The Kier molecular flexibility index (Phi) is 7.06. The number of aryl methyl sites for hydroxylation is 1. The molecule has 3 rings (SSSR count). The fourth-order valence-electron chi connectivity index (χ4n) is 3.91. The van der Waals surface area contributed by atoms with Gasteiger partial charge in [0.05, 0.1) is 5.56 Å². The summed E-state index contributed by atoms with van der Waals surface area (Å²) in [5, 5.41) is 13.3. The Labute approximate surface area is 177 Å². The standard InChI is InChI=1S/C25H29FN2O2/c1-17(12-13-20-8-5-4-6-9-20)27-15-23-18(2)28(19(3)24(23)25(29)30)16-21-10-7-11-22(26)14-21/h4-11,14,17,27H,12-13,15-16H2,1-3H3,(H,29,30)/t17-/m1/s1. The van der Waals surface area contributed by atoms with Gasteiger partial charge in [0.15, 0.2) is 0 Å². The summed E-state index contributed by atoms with van der Waals surface area (Å²) >= 11 is 0. The molecular formula is C25H29FN2O2. The van der Waals surface area contributed by atoms with Gasteiger partial charge in [0.2, 0.25) is 0 Å². The quantitative estimate of drug-likeness (QED) is 0.518. The highest BCUT2D eigenvalue weighted by molar-refractivity contribution is 5.91. The summed E-state index contributed by atoms with van der Waals surface area (Å²) in [6, 6.07) is 17.0. The minimum atomic E-state index is -0.928. The van der Waals surface area contributed by atoms with E-state index < -0.39 is 5.97 Å². The van der Waals surface area contributed by atoms with Gasteiger partial charge in [0, 0.05) is 36.1 Å². The fourth-order valence-corrected chi connectivity index (χ4v) is 3.91. The molecule has 0 bridgehead atoms. The number of carboxylic acid groups (broad SMARTS) is 1. The molecule has 2 aromatic carbocycles. The molecule has 0 aliphatic carbocycles. The molecule has 0 saturated heterocycles. The third-order valence-electron chi connectivity index (χ3n) is 5.69. The number of aromatic nitrogens is 1. The maximum Gasteiger partial charge on any atom is 0.337 e. The summed E-state index contributed by atoms with van der Waals surface area (Å²) in [4.78, 5) is 12.0. The Morgan fingerprint density at radius 1 is 1.07 bits per heavy atom. The van der Waals surface area contributed by atoms with Gasteiger partial charge in [-0.2, -0.15) is 0 Å². The van der Waals surface area contributed by atoms with Gasteiger partial charge in [-0.25, -0.2) is 9.18 Å². The molecule has 3 aromatic rings. The molecule has 0 unspecified atom stereocenters. The zero-order chi connectivity index (χ0) is 21.7. The van der Waals surface area contributed by atoms with E-state index in [1.165, 1.54) is 17.7 Å². The maximum absolute atomic E-state index is 13.6. The van der Waals surface area contributed by atoms with E-state index in [4.69, 9.17) is 0 Å². The number of carbonyl (C=O) groups is 1. The molecule has 0 saturated carbocycles. The number of benzene rings is 2. The first kappa shape index (κ1) is 21.8. The molecule has 0 radical (unpaired) electrons. The van der Waals surface area contributed by atoms with Crippen molar-refractivity contribution in [1.82, 2.24) is 9.88 Å². The molecule has 4 nitrogen and oxygen atoms in total. The normalized spacial score (nSPS) is 12.1. The van der Waals surface area contributed by atoms with Crippen LogP contribution in [0.4, 0.5) is 4.39 Å². The van der Waals surface area contributed by atoms with E-state index in [0.717, 1.165) is 29.7 Å². The molecule has 0 amide bonds. The third kappa shape index (κ3) is 5.16. The van der Waals surface area contributed by atoms with Crippen molar-refractivity contribution in [1.29, 1.82) is 0 Å². The predicted molar refractivity (Wildman–Crippen MR) is 117 cm³/mol. The monoisotopic (exact) mass is 408 g/mol. The second-order valence-electron chi connectivity index (χ2n) is 7.85. The maximum atomic E-state index is 13.6. The minimum absolute atomic E-state index is 0.248. The van der Waals surface area contributed by atoms with Crippen molar-refractivity contribution >= 4 is 5.97 Å². The largest absolute Gasteiger partial charge is 0.478 e. The number of hydrogen-bond donors (Lipinski definition) is 2. The van der Waals surface area contributed by atoms with Crippen LogP contribution in [0.2, 0.25) is 0 Å². The van der Waals surface area contributed by atoms with Gasteiger partial charge >= 0.3 is 5.97 Å². The van der Waals surface area contributed by atoms with Gasteiger partial charge in [-0.15, -0.1) is 0 Å². The number of nitrogens with one attached hydrogen (secondary N) is 1. The van der Waals surface area contributed by atoms with Crippen LogP contribution in [0.3, 0.4) is 0 Å². The highest BCUT2D eigenvalue weighted by Crippen LogP contribution is 2.24. The van der Waals surface area contributed by atoms with E-state index in [0.29, 0.717) is 24.3 Å². The van der Waals surface area contributed by atoms with Crippen molar-refractivity contribution < 1.29 is 14.3 Å². The lowest BCUT2D eigenvalue weighted by Crippen LogP contribution is -2.27. The van der Waals surface area contributed by atoms with E-state index in [1.807, 2.05) is 42.7 Å². The number of carboxylic acids is 1. The molecule has 1 heterocycles. The van der Waals surface area contributed by atoms with Gasteiger partial charge in [-0.3, -0.25) is 0 Å². The topological polar surface area (TPSA) is 54.3 Å². The lowest BCUT2D eigenvalue weighted by molar-refractivity contribution is 0.0694. The van der Waals surface area contributed by atoms with Gasteiger partial charge in [-0.1, -0.05) is 42.5 Å². The van der Waals surface area contributed by atoms with Crippen LogP contribution in [-0.4, -0.2) is 21.7 Å². The average molecular weight is 409 g/mol. The first-order valence-electron chi connectivity index (χ1n) is 10.3. The van der Waals surface area contributed by atoms with Gasteiger partial charge < -0.3 is 15.0 Å². The van der Waals surface area contributed by atoms with Crippen LogP contribution in [0.15, 0.2) is 54.6 Å². The minimum Gasteiger partial charge on any atom is -0.478 e. The van der Waals surface area contributed by atoms with Crippen molar-refractivity contribution in [2.24, 2.45) is 0 Å². The lowest BCUT2D eigenvalue weighted by Gasteiger charge is -2.15. The van der Waals surface area contributed by atoms with Gasteiger partial charge in [0.25, 0.3) is 0 Å². The molecule has 2 N–H and O–H groups in total. The Hall–Kier alpha value is -2.92. The molecule has 1 aromatic heterocycles. The van der Waals surface area contributed by atoms with E-state index in [-0.39, 0.29) is 11.9 Å². The summed E-state index contributed by atoms with van der Waals surface area (Å²) in [6.07, 6.45) is 1.94. The summed E-state index contributed by atoms with van der Waals surface area (Å²) in [6.45, 7) is 6.80. The molecule has 5 heteroatoms. The highest BCUT2D eigenvalue weighted by atomic mass is 19.1. The molecule has 30 heavy (non-hydrogen) atoms. The van der Waals surface area contributed by atoms with Crippen LogP contribution >= 0.6 is 0 Å². The molecule has 0 aliphatic heterocycles. The molecule has 1 atom stereocenters. The molecule has 158 valence electrons. The van der Waals surface area contributed by atoms with E-state index >= 15 is 0 Å². The second-order valence-corrected chi connectivity index (χ2v) is 7.85. The zero-order valence-corrected chi connectivity index (χ0v) is 17.8. The van der Waals surface area contributed by atoms with Crippen LogP contribution in [0.25, 0.3) is 0 Å². The van der Waals surface area contributed by atoms with Gasteiger partial charge in [0.1, 0.15) is 5.82 Å². The zero-order valence-electron chi connectivity index (χ0n) is 17.8. The van der Waals surface area contributed by atoms with Crippen LogP contribution in [0.5, 0.6) is 0 Å². The molecule has 0 fully saturated rings. The highest BCUT2D eigenvalue weighted by Gasteiger charge is 2.23. The summed E-state index contributed by atoms with van der Waals surface area (Å²) < 4.78 is 15.5. The van der Waals surface area contributed by atoms with Crippen molar-refractivity contribution in [2.45, 2.75) is 52.7 Å². The van der Waals surface area contributed by atoms with E-state index in [2.05, 4.69) is 24.4 Å². The van der Waals surface area contributed by atoms with Crippen LogP contribution in [0, 0.1) is 19.7 Å². The van der Waals surface area contributed by atoms with Crippen molar-refractivity contribution in [3.05, 3.63) is 94.1 Å². The first-order chi connectivity index (χ1) is 14.4. The Morgan fingerprint density at radius 3 is 2.43 bits per heavy atom. The SMILES string of the molecule is Cc1c(CN[C@H](C)CCc2ccccc2)c(C(=O)O)c(C)n1Cc1cccc(F)c1. The molecule has 0 spiro atoms. The summed E-state index contributed by atoms with van der Waals surface area (Å²) in [5.74, 6) is -1.22. The van der Waals surface area contributed by atoms with Crippen LogP contribution < -0.4 is 5.32 Å². The van der Waals surface area contributed by atoms with E-state index in [1.54, 1.807) is 6.07 Å². The van der Waals surface area contributed by atoms with Crippen LogP contribution in [0.1, 0.15) is 51.8 Å². The first-order valence-corrected chi connectivity index (χ1v) is 10.3. The number of aromatic carboxylic acids is 1. The summed E-state index contributed by atoms with van der Waals surface area (Å²) in [7, 11) is 0. The van der Waals surface area contributed by atoms with Crippen molar-refractivity contribution in [3.63, 3.8) is 0 Å². The molecule has 0 aliphatic rings. The smallest absolute Gasteiger partial charge is 0.337 e. The Balaban J connectivity index is 1.74. The third-order valence-corrected chi connectivity index (χ3v) is 5.69. The number of hydrogen-bond acceptors (Lipinski definition) is 2. The number of halogens is 1.